The summed E-state index contributed by atoms with van der Waals surface area (Å²) in [6.07, 6.45) is 1.33. The van der Waals surface area contributed by atoms with Crippen molar-refractivity contribution in [3.05, 3.63) is 23.9 Å². The van der Waals surface area contributed by atoms with Crippen LogP contribution in [0, 0.1) is 0 Å². The van der Waals surface area contributed by atoms with Crippen molar-refractivity contribution in [2.24, 2.45) is 0 Å². The highest BCUT2D eigenvalue weighted by Gasteiger charge is 2.22. The first-order valence-corrected chi connectivity index (χ1v) is 6.75. The molecular formula is C14H19N3O4. The molecule has 1 unspecified atom stereocenters. The summed E-state index contributed by atoms with van der Waals surface area (Å²) < 4.78 is 10.5. The summed E-state index contributed by atoms with van der Waals surface area (Å²) in [5.41, 5.74) is 0.473. The largest absolute Gasteiger partial charge is 0.481 e. The number of nitrogens with zero attached hydrogens (tertiary/aromatic N) is 2. The first-order valence-electron chi connectivity index (χ1n) is 6.75. The lowest BCUT2D eigenvalue weighted by Crippen LogP contribution is -2.49. The van der Waals surface area contributed by atoms with E-state index < -0.39 is 0 Å². The van der Waals surface area contributed by atoms with Gasteiger partial charge in [-0.25, -0.2) is 4.98 Å². The van der Waals surface area contributed by atoms with Gasteiger partial charge in [0, 0.05) is 44.4 Å². The van der Waals surface area contributed by atoms with Gasteiger partial charge in [-0.1, -0.05) is 0 Å². The smallest absolute Gasteiger partial charge is 0.251 e. The number of carbonyl (C=O) groups excluding carboxylic acids is 2. The number of ether oxygens (including phenoxy) is 2. The van der Waals surface area contributed by atoms with Gasteiger partial charge in [0.25, 0.3) is 5.91 Å². The SMILES string of the molecule is COc1cc(C(=O)NCC2CN(C(C)=O)CCO2)ccn1. The van der Waals surface area contributed by atoms with Crippen molar-refractivity contribution in [3.63, 3.8) is 0 Å². The van der Waals surface area contributed by atoms with Gasteiger partial charge < -0.3 is 19.7 Å². The van der Waals surface area contributed by atoms with Crippen LogP contribution in [-0.4, -0.2) is 61.2 Å². The Morgan fingerprint density at radius 1 is 1.57 bits per heavy atom. The van der Waals surface area contributed by atoms with Crippen molar-refractivity contribution in [2.45, 2.75) is 13.0 Å². The fourth-order valence-corrected chi connectivity index (χ4v) is 2.10. The highest BCUT2D eigenvalue weighted by Crippen LogP contribution is 2.09. The fourth-order valence-electron chi connectivity index (χ4n) is 2.10. The Labute approximate surface area is 123 Å². The Balaban J connectivity index is 1.87. The predicted octanol–water partition coefficient (Wildman–Crippen LogP) is 0.0673. The van der Waals surface area contributed by atoms with E-state index in [0.29, 0.717) is 37.7 Å². The molecule has 0 aliphatic carbocycles. The molecule has 0 radical (unpaired) electrons. The molecule has 21 heavy (non-hydrogen) atoms. The van der Waals surface area contributed by atoms with Crippen LogP contribution in [0.1, 0.15) is 17.3 Å². The molecule has 1 aliphatic rings. The highest BCUT2D eigenvalue weighted by atomic mass is 16.5. The molecule has 0 saturated carbocycles. The summed E-state index contributed by atoms with van der Waals surface area (Å²) in [7, 11) is 1.50. The highest BCUT2D eigenvalue weighted by molar-refractivity contribution is 5.94. The lowest BCUT2D eigenvalue weighted by atomic mass is 10.2. The van der Waals surface area contributed by atoms with Crippen LogP contribution in [-0.2, 0) is 9.53 Å². The molecular weight excluding hydrogens is 274 g/mol. The Morgan fingerprint density at radius 2 is 2.38 bits per heavy atom. The van der Waals surface area contributed by atoms with Crippen LogP contribution in [0.25, 0.3) is 0 Å². The van der Waals surface area contributed by atoms with Gasteiger partial charge in [-0.2, -0.15) is 0 Å². The van der Waals surface area contributed by atoms with Gasteiger partial charge >= 0.3 is 0 Å². The van der Waals surface area contributed by atoms with E-state index in [1.165, 1.54) is 20.2 Å². The molecule has 1 N–H and O–H groups in total. The van der Waals surface area contributed by atoms with Crippen molar-refractivity contribution >= 4 is 11.8 Å². The van der Waals surface area contributed by atoms with Crippen LogP contribution in [0.3, 0.4) is 0 Å². The fraction of sp³-hybridized carbons (Fsp3) is 0.500. The Kier molecular flexibility index (Phi) is 5.10. The zero-order chi connectivity index (χ0) is 15.2. The molecule has 2 rings (SSSR count). The van der Waals surface area contributed by atoms with Crippen molar-refractivity contribution in [1.82, 2.24) is 15.2 Å². The topological polar surface area (TPSA) is 80.8 Å². The monoisotopic (exact) mass is 293 g/mol. The molecule has 2 amide bonds. The number of amides is 2. The van der Waals surface area contributed by atoms with Crippen molar-refractivity contribution in [1.29, 1.82) is 0 Å². The maximum absolute atomic E-state index is 12.0. The van der Waals surface area contributed by atoms with E-state index in [1.54, 1.807) is 17.0 Å². The van der Waals surface area contributed by atoms with Crippen LogP contribution in [0.2, 0.25) is 0 Å². The lowest BCUT2D eigenvalue weighted by Gasteiger charge is -2.32. The molecule has 1 fully saturated rings. The second-order valence-corrected chi connectivity index (χ2v) is 4.75. The Morgan fingerprint density at radius 3 is 3.10 bits per heavy atom. The summed E-state index contributed by atoms with van der Waals surface area (Å²) in [4.78, 5) is 29.0. The number of nitrogens with one attached hydrogen (secondary N) is 1. The molecule has 0 bridgehead atoms. The third-order valence-corrected chi connectivity index (χ3v) is 3.28. The minimum Gasteiger partial charge on any atom is -0.481 e. The third-order valence-electron chi connectivity index (χ3n) is 3.28. The maximum atomic E-state index is 12.0. The molecule has 114 valence electrons. The standard InChI is InChI=1S/C14H19N3O4/c1-10(18)17-5-6-21-12(9-17)8-16-14(19)11-3-4-15-13(7-11)20-2/h3-4,7,12H,5-6,8-9H2,1-2H3,(H,16,19). The molecule has 0 aromatic carbocycles. The van der Waals surface area contributed by atoms with Gasteiger partial charge in [0.15, 0.2) is 0 Å². The summed E-state index contributed by atoms with van der Waals surface area (Å²) in [5.74, 6) is 0.187. The zero-order valence-corrected chi connectivity index (χ0v) is 12.2. The Hall–Kier alpha value is -2.15. The predicted molar refractivity (Wildman–Crippen MR) is 75.1 cm³/mol. The van der Waals surface area contributed by atoms with Crippen LogP contribution in [0.15, 0.2) is 18.3 Å². The van der Waals surface area contributed by atoms with E-state index in [4.69, 9.17) is 9.47 Å². The molecule has 1 saturated heterocycles. The molecule has 1 aromatic rings. The molecule has 7 heteroatoms. The third kappa shape index (κ3) is 4.16. The van der Waals surface area contributed by atoms with E-state index in [1.807, 2.05) is 0 Å². The number of methoxy groups -OCH3 is 1. The molecule has 1 atom stereocenters. The number of hydrogen-bond acceptors (Lipinski definition) is 5. The van der Waals surface area contributed by atoms with Gasteiger partial charge in [0.05, 0.1) is 19.8 Å². The number of pyridine rings is 1. The first kappa shape index (κ1) is 15.2. The molecule has 1 aliphatic heterocycles. The van der Waals surface area contributed by atoms with Gasteiger partial charge in [0.1, 0.15) is 0 Å². The van der Waals surface area contributed by atoms with E-state index in [0.717, 1.165) is 0 Å². The summed E-state index contributed by atoms with van der Waals surface area (Å²) in [5, 5.41) is 2.79. The summed E-state index contributed by atoms with van der Waals surface area (Å²) in [6.45, 7) is 3.47. The molecule has 7 nitrogen and oxygen atoms in total. The van der Waals surface area contributed by atoms with E-state index in [-0.39, 0.29) is 17.9 Å². The lowest BCUT2D eigenvalue weighted by molar-refractivity contribution is -0.136. The van der Waals surface area contributed by atoms with Crippen LogP contribution >= 0.6 is 0 Å². The second kappa shape index (κ2) is 7.03. The Bertz CT molecular complexity index is 521. The number of rotatable bonds is 4. The molecule has 0 spiro atoms. The van der Waals surface area contributed by atoms with Gasteiger partial charge in [-0.15, -0.1) is 0 Å². The average Bonchev–Trinajstić information content (AvgIpc) is 2.53. The minimum atomic E-state index is -0.223. The normalized spacial score (nSPS) is 18.2. The summed E-state index contributed by atoms with van der Waals surface area (Å²) in [6, 6.07) is 3.18. The zero-order valence-electron chi connectivity index (χ0n) is 12.2. The second-order valence-electron chi connectivity index (χ2n) is 4.75. The van der Waals surface area contributed by atoms with Crippen LogP contribution in [0.5, 0.6) is 5.88 Å². The van der Waals surface area contributed by atoms with E-state index >= 15 is 0 Å². The first-order chi connectivity index (χ1) is 10.1. The number of hydrogen-bond donors (Lipinski definition) is 1. The van der Waals surface area contributed by atoms with Crippen LogP contribution < -0.4 is 10.1 Å². The summed E-state index contributed by atoms with van der Waals surface area (Å²) >= 11 is 0. The molecule has 1 aromatic heterocycles. The maximum Gasteiger partial charge on any atom is 0.251 e. The number of aromatic nitrogens is 1. The van der Waals surface area contributed by atoms with Gasteiger partial charge in [-0.05, 0) is 6.07 Å². The van der Waals surface area contributed by atoms with E-state index in [9.17, 15) is 9.59 Å². The van der Waals surface area contributed by atoms with Crippen molar-refractivity contribution in [3.8, 4) is 5.88 Å². The van der Waals surface area contributed by atoms with Gasteiger partial charge in [0.2, 0.25) is 11.8 Å². The minimum absolute atomic E-state index is 0.0218. The number of carbonyl (C=O) groups is 2. The van der Waals surface area contributed by atoms with E-state index in [2.05, 4.69) is 10.3 Å². The van der Waals surface area contributed by atoms with Gasteiger partial charge in [-0.3, -0.25) is 9.59 Å². The average molecular weight is 293 g/mol. The van der Waals surface area contributed by atoms with Crippen LogP contribution in [0.4, 0.5) is 0 Å². The number of morpholine rings is 1. The quantitative estimate of drug-likeness (QED) is 0.849. The molecule has 2 heterocycles. The van der Waals surface area contributed by atoms with Crippen molar-refractivity contribution in [2.75, 3.05) is 33.4 Å². The van der Waals surface area contributed by atoms with Crippen molar-refractivity contribution < 1.29 is 19.1 Å².